The molecule has 0 bridgehead atoms. The topological polar surface area (TPSA) is 9.23 Å². The molecule has 23 heavy (non-hydrogen) atoms. The number of allylic oxidation sites excluding steroid dienone is 2. The molecule has 0 saturated carbocycles. The monoisotopic (exact) mass is 324 g/mol. The van der Waals surface area contributed by atoms with Crippen molar-refractivity contribution in [3.8, 4) is 17.6 Å². The molecule has 0 aliphatic carbocycles. The summed E-state index contributed by atoms with van der Waals surface area (Å²) in [5, 5.41) is 0. The van der Waals surface area contributed by atoms with Crippen molar-refractivity contribution in [2.45, 2.75) is 58.5 Å². The summed E-state index contributed by atoms with van der Waals surface area (Å²) in [5.74, 6) is 6.89. The first-order valence-electron chi connectivity index (χ1n) is 8.01. The molecule has 0 unspecified atom stereocenters. The molecule has 1 rings (SSSR count). The van der Waals surface area contributed by atoms with E-state index in [1.807, 2.05) is 6.08 Å². The first kappa shape index (κ1) is 19.2. The summed E-state index contributed by atoms with van der Waals surface area (Å²) in [6.45, 7) is 4.19. The predicted molar refractivity (Wildman–Crippen MR) is 87.0 cm³/mol. The highest BCUT2D eigenvalue weighted by Gasteiger charge is 2.30. The van der Waals surface area contributed by atoms with Crippen LogP contribution in [0.1, 0.15) is 57.9 Å². The van der Waals surface area contributed by atoms with E-state index in [0.717, 1.165) is 50.7 Å². The van der Waals surface area contributed by atoms with Crippen LogP contribution in [0.2, 0.25) is 0 Å². The van der Waals surface area contributed by atoms with E-state index in [9.17, 15) is 13.2 Å². The lowest BCUT2D eigenvalue weighted by Gasteiger charge is -2.08. The van der Waals surface area contributed by atoms with Crippen LogP contribution in [0.15, 0.2) is 36.1 Å². The van der Waals surface area contributed by atoms with Crippen LogP contribution in [0.4, 0.5) is 13.2 Å². The number of halogens is 3. The Balaban J connectivity index is 2.78. The van der Waals surface area contributed by atoms with Gasteiger partial charge in [0.15, 0.2) is 5.76 Å². The van der Waals surface area contributed by atoms with E-state index in [1.54, 1.807) is 0 Å². The molecule has 0 fully saturated rings. The van der Waals surface area contributed by atoms with E-state index in [0.29, 0.717) is 11.5 Å². The van der Waals surface area contributed by atoms with E-state index < -0.39 is 11.7 Å². The van der Waals surface area contributed by atoms with Crippen molar-refractivity contribution >= 4 is 0 Å². The number of alkyl halides is 3. The third-order valence-electron chi connectivity index (χ3n) is 3.16. The summed E-state index contributed by atoms with van der Waals surface area (Å²) >= 11 is 0. The van der Waals surface area contributed by atoms with E-state index in [1.165, 1.54) is 12.1 Å². The minimum atomic E-state index is -4.34. The van der Waals surface area contributed by atoms with Crippen molar-refractivity contribution < 1.29 is 17.9 Å². The summed E-state index contributed by atoms with van der Waals surface area (Å²) in [4.78, 5) is 0. The van der Waals surface area contributed by atoms with Gasteiger partial charge < -0.3 is 4.74 Å². The quantitative estimate of drug-likeness (QED) is 0.322. The molecule has 0 amide bonds. The summed E-state index contributed by atoms with van der Waals surface area (Å²) in [6, 6.07) is 4.68. The molecule has 0 radical (unpaired) electrons. The smallest absolute Gasteiger partial charge is 0.416 e. The Labute approximate surface area is 136 Å². The van der Waals surface area contributed by atoms with Gasteiger partial charge in [-0.3, -0.25) is 0 Å². The second-order valence-corrected chi connectivity index (χ2v) is 5.24. The molecule has 0 saturated heterocycles. The van der Waals surface area contributed by atoms with E-state index >= 15 is 0 Å². The maximum Gasteiger partial charge on any atom is 0.416 e. The second-order valence-electron chi connectivity index (χ2n) is 5.24. The fourth-order valence-corrected chi connectivity index (χ4v) is 1.81. The number of benzene rings is 1. The van der Waals surface area contributed by atoms with Gasteiger partial charge in [0.25, 0.3) is 0 Å². The number of ether oxygens (including phenoxy) is 1. The molecule has 0 N–H and O–H groups in total. The van der Waals surface area contributed by atoms with Gasteiger partial charge in [0.1, 0.15) is 5.75 Å². The van der Waals surface area contributed by atoms with Crippen LogP contribution < -0.4 is 4.74 Å². The molecule has 126 valence electrons. The van der Waals surface area contributed by atoms with Gasteiger partial charge >= 0.3 is 6.18 Å². The first-order chi connectivity index (χ1) is 11.0. The highest BCUT2D eigenvalue weighted by Crippen LogP contribution is 2.30. The molecule has 1 aromatic rings. The Morgan fingerprint density at radius 2 is 1.74 bits per heavy atom. The lowest BCUT2D eigenvalue weighted by molar-refractivity contribution is -0.137. The van der Waals surface area contributed by atoms with Crippen molar-refractivity contribution in [3.63, 3.8) is 0 Å². The molecule has 0 atom stereocenters. The second kappa shape index (κ2) is 9.99. The molecular formula is C19H23F3O. The van der Waals surface area contributed by atoms with Crippen molar-refractivity contribution in [3.05, 3.63) is 41.7 Å². The van der Waals surface area contributed by atoms with Crippen molar-refractivity contribution in [2.24, 2.45) is 0 Å². The van der Waals surface area contributed by atoms with Gasteiger partial charge in [-0.15, -0.1) is 0 Å². The minimum Gasteiger partial charge on any atom is -0.449 e. The normalized spacial score (nSPS) is 11.8. The number of hydrogen-bond acceptors (Lipinski definition) is 1. The van der Waals surface area contributed by atoms with Gasteiger partial charge in [-0.25, -0.2) is 0 Å². The molecular weight excluding hydrogens is 301 g/mol. The zero-order chi connectivity index (χ0) is 17.1. The van der Waals surface area contributed by atoms with Gasteiger partial charge in [0.05, 0.1) is 5.56 Å². The minimum absolute atomic E-state index is 0.366. The Kier molecular flexibility index (Phi) is 8.32. The zero-order valence-corrected chi connectivity index (χ0v) is 13.7. The molecule has 0 aliphatic rings. The lowest BCUT2D eigenvalue weighted by Crippen LogP contribution is -2.04. The van der Waals surface area contributed by atoms with Gasteiger partial charge in [0, 0.05) is 6.42 Å². The first-order valence-corrected chi connectivity index (χ1v) is 8.01. The lowest BCUT2D eigenvalue weighted by atomic mass is 10.2. The van der Waals surface area contributed by atoms with Gasteiger partial charge in [-0.2, -0.15) is 13.2 Å². The average molecular weight is 324 g/mol. The average Bonchev–Trinajstić information content (AvgIpc) is 2.51. The van der Waals surface area contributed by atoms with Crippen LogP contribution in [0, 0.1) is 11.8 Å². The molecule has 0 heterocycles. The standard InChI is InChI=1S/C19H23F3O/c1-3-5-7-9-11-17(10-8-6-4-2)23-18-14-12-16(13-15-18)19(20,21)22/h10,12-15H,3-8H2,1-2H3/b17-10-. The zero-order valence-electron chi connectivity index (χ0n) is 13.7. The van der Waals surface area contributed by atoms with Gasteiger partial charge in [0.2, 0.25) is 0 Å². The number of hydrogen-bond donors (Lipinski definition) is 0. The van der Waals surface area contributed by atoms with E-state index in [4.69, 9.17) is 4.74 Å². The Hall–Kier alpha value is -1.89. The van der Waals surface area contributed by atoms with Crippen molar-refractivity contribution in [2.75, 3.05) is 0 Å². The van der Waals surface area contributed by atoms with Crippen LogP contribution >= 0.6 is 0 Å². The molecule has 0 spiro atoms. The molecule has 0 aromatic heterocycles. The third kappa shape index (κ3) is 7.78. The summed E-state index contributed by atoms with van der Waals surface area (Å²) in [5.41, 5.74) is -0.685. The Bertz CT molecular complexity index is 545. The van der Waals surface area contributed by atoms with Crippen LogP contribution in [-0.2, 0) is 6.18 Å². The largest absolute Gasteiger partial charge is 0.449 e. The summed E-state index contributed by atoms with van der Waals surface area (Å²) < 4.78 is 43.3. The molecule has 0 aliphatic heterocycles. The van der Waals surface area contributed by atoms with Crippen LogP contribution in [0.25, 0.3) is 0 Å². The highest BCUT2D eigenvalue weighted by atomic mass is 19.4. The summed E-state index contributed by atoms with van der Waals surface area (Å²) in [7, 11) is 0. The number of unbranched alkanes of at least 4 members (excludes halogenated alkanes) is 4. The third-order valence-corrected chi connectivity index (χ3v) is 3.16. The van der Waals surface area contributed by atoms with Crippen molar-refractivity contribution in [1.82, 2.24) is 0 Å². The highest BCUT2D eigenvalue weighted by molar-refractivity contribution is 5.33. The van der Waals surface area contributed by atoms with Crippen LogP contribution in [0.3, 0.4) is 0 Å². The number of rotatable bonds is 7. The fraction of sp³-hybridized carbons (Fsp3) is 0.474. The maximum atomic E-state index is 12.6. The molecule has 1 aromatic carbocycles. The van der Waals surface area contributed by atoms with E-state index in [2.05, 4.69) is 25.7 Å². The Morgan fingerprint density at radius 3 is 2.30 bits per heavy atom. The van der Waals surface area contributed by atoms with E-state index in [-0.39, 0.29) is 0 Å². The predicted octanol–water partition coefficient (Wildman–Crippen LogP) is 6.35. The van der Waals surface area contributed by atoms with Crippen molar-refractivity contribution in [1.29, 1.82) is 0 Å². The maximum absolute atomic E-state index is 12.6. The fourth-order valence-electron chi connectivity index (χ4n) is 1.81. The summed E-state index contributed by atoms with van der Waals surface area (Å²) in [6.07, 6.45) is 3.38. The van der Waals surface area contributed by atoms with Gasteiger partial charge in [-0.05, 0) is 55.5 Å². The van der Waals surface area contributed by atoms with Crippen LogP contribution in [0.5, 0.6) is 5.75 Å². The Morgan fingerprint density at radius 1 is 1.09 bits per heavy atom. The van der Waals surface area contributed by atoms with Crippen LogP contribution in [-0.4, -0.2) is 0 Å². The molecule has 1 nitrogen and oxygen atoms in total. The SMILES string of the molecule is CCCCC#C/C(=C/CCCC)Oc1ccc(C(F)(F)F)cc1. The molecule has 4 heteroatoms. The van der Waals surface area contributed by atoms with Gasteiger partial charge in [-0.1, -0.05) is 32.6 Å².